The fourth-order valence-electron chi connectivity index (χ4n) is 1.53. The largest absolute Gasteiger partial charge is 0.466 e. The lowest BCUT2D eigenvalue weighted by atomic mass is 10.0. The Labute approximate surface area is 179 Å². The highest BCUT2D eigenvalue weighted by atomic mass is 31.2. The van der Waals surface area contributed by atoms with Gasteiger partial charge in [-0.05, 0) is 5.92 Å². The van der Waals surface area contributed by atoms with E-state index in [-0.39, 0.29) is 0 Å². The molecule has 0 fully saturated rings. The van der Waals surface area contributed by atoms with E-state index >= 15 is 0 Å². The van der Waals surface area contributed by atoms with Gasteiger partial charge in [0.2, 0.25) is 0 Å². The molecule has 30 heavy (non-hydrogen) atoms. The van der Waals surface area contributed by atoms with E-state index in [0.29, 0.717) is 0 Å². The Morgan fingerprint density at radius 2 is 0.800 bits per heavy atom. The molecule has 6 N–H and O–H groups in total. The molecule has 0 saturated carbocycles. The third kappa shape index (κ3) is 63.2. The van der Waals surface area contributed by atoms with E-state index in [2.05, 4.69) is 20.8 Å². The fraction of sp³-hybridized carbons (Fsp3) is 0.400. The van der Waals surface area contributed by atoms with Crippen molar-refractivity contribution < 1.29 is 38.5 Å². The molecule has 0 spiro atoms. The summed E-state index contributed by atoms with van der Waals surface area (Å²) in [5.74, 6) is 0.954. The molecule has 0 aromatic heterocycles. The Bertz CT molecular complexity index is 523. The van der Waals surface area contributed by atoms with Gasteiger partial charge in [0.15, 0.2) is 0 Å². The first kappa shape index (κ1) is 33.3. The lowest BCUT2D eigenvalue weighted by Gasteiger charge is -2.04. The van der Waals surface area contributed by atoms with Crippen molar-refractivity contribution in [2.24, 2.45) is 5.92 Å². The lowest BCUT2D eigenvalue weighted by molar-refractivity contribution is 0.272. The summed E-state index contributed by atoms with van der Waals surface area (Å²) in [6, 6.07) is 24.0. The van der Waals surface area contributed by atoms with Crippen molar-refractivity contribution in [3.8, 4) is 0 Å². The van der Waals surface area contributed by atoms with Crippen LogP contribution in [0.4, 0.5) is 0 Å². The van der Waals surface area contributed by atoms with Crippen LogP contribution in [-0.4, -0.2) is 29.4 Å². The van der Waals surface area contributed by atoms with Gasteiger partial charge in [-0.25, -0.2) is 9.13 Å². The second-order valence-corrected chi connectivity index (χ2v) is 8.04. The van der Waals surface area contributed by atoms with Gasteiger partial charge in [-0.2, -0.15) is 0 Å². The Hall–Kier alpha value is -1.34. The monoisotopic (exact) mass is 466 g/mol. The summed E-state index contributed by atoms with van der Waals surface area (Å²) in [7, 11) is -9.28. The quantitative estimate of drug-likeness (QED) is 0.353. The first-order chi connectivity index (χ1) is 13.8. The highest BCUT2D eigenvalue weighted by Crippen LogP contribution is 2.26. The second kappa shape index (κ2) is 22.3. The minimum Gasteiger partial charge on any atom is -0.303 e. The predicted molar refractivity (Wildman–Crippen MR) is 120 cm³/mol. The van der Waals surface area contributed by atoms with Gasteiger partial charge in [0.25, 0.3) is 0 Å². The minimum absolute atomic E-state index is 0.954. The summed E-state index contributed by atoms with van der Waals surface area (Å²) in [6.45, 7) is 6.85. The molecule has 2 aromatic carbocycles. The molecular formula is C20H36O8P2. The highest BCUT2D eigenvalue weighted by molar-refractivity contribution is 7.45. The molecule has 2 rings (SSSR count). The number of hydrogen-bond acceptors (Lipinski definition) is 2. The average molecular weight is 466 g/mol. The van der Waals surface area contributed by atoms with Crippen LogP contribution in [0.3, 0.4) is 0 Å². The maximum atomic E-state index is 8.88. The van der Waals surface area contributed by atoms with Crippen LogP contribution < -0.4 is 0 Å². The van der Waals surface area contributed by atoms with Gasteiger partial charge in [-0.1, -0.05) is 119 Å². The fourth-order valence-corrected chi connectivity index (χ4v) is 1.53. The van der Waals surface area contributed by atoms with Crippen molar-refractivity contribution in [1.82, 2.24) is 0 Å². The van der Waals surface area contributed by atoms with Crippen LogP contribution in [-0.2, 0) is 9.13 Å². The van der Waals surface area contributed by atoms with E-state index in [1.807, 2.05) is 72.8 Å². The zero-order chi connectivity index (χ0) is 23.9. The van der Waals surface area contributed by atoms with Crippen molar-refractivity contribution in [3.05, 3.63) is 72.8 Å². The van der Waals surface area contributed by atoms with E-state index in [9.17, 15) is 0 Å². The summed E-state index contributed by atoms with van der Waals surface area (Å²) >= 11 is 0. The summed E-state index contributed by atoms with van der Waals surface area (Å²) in [4.78, 5) is 43.1. The van der Waals surface area contributed by atoms with E-state index < -0.39 is 15.6 Å². The van der Waals surface area contributed by atoms with Crippen molar-refractivity contribution in [2.75, 3.05) is 0 Å². The summed E-state index contributed by atoms with van der Waals surface area (Å²) < 4.78 is 17.8. The van der Waals surface area contributed by atoms with Crippen molar-refractivity contribution >= 4 is 15.6 Å². The van der Waals surface area contributed by atoms with E-state index in [1.165, 1.54) is 25.7 Å². The molecule has 0 heterocycles. The summed E-state index contributed by atoms with van der Waals surface area (Å²) in [6.07, 6.45) is 5.53. The molecule has 0 aliphatic rings. The zero-order valence-corrected chi connectivity index (χ0v) is 19.5. The lowest BCUT2D eigenvalue weighted by Crippen LogP contribution is -1.89. The minimum atomic E-state index is -4.64. The number of benzene rings is 2. The number of unbranched alkanes of at least 4 members (excludes halogenated alkanes) is 1. The molecule has 0 aliphatic heterocycles. The van der Waals surface area contributed by atoms with Crippen LogP contribution in [0.5, 0.6) is 0 Å². The van der Waals surface area contributed by atoms with Gasteiger partial charge in [0.1, 0.15) is 0 Å². The molecule has 0 amide bonds. The van der Waals surface area contributed by atoms with Crippen molar-refractivity contribution in [3.63, 3.8) is 0 Å². The Kier molecular flexibility index (Phi) is 24.8. The Morgan fingerprint density at radius 1 is 0.600 bits per heavy atom. The van der Waals surface area contributed by atoms with Crippen LogP contribution in [0.2, 0.25) is 0 Å². The topological polar surface area (TPSA) is 156 Å². The Morgan fingerprint density at radius 3 is 0.933 bits per heavy atom. The summed E-state index contributed by atoms with van der Waals surface area (Å²) in [5.41, 5.74) is 0. The number of phosphoric acid groups is 2. The van der Waals surface area contributed by atoms with Crippen molar-refractivity contribution in [1.29, 1.82) is 0 Å². The molecule has 2 aromatic rings. The standard InChI is InChI=1S/C8H18.2C6H6.2H3O4P/c1-4-6-7-8(3)5-2;2*1-2-4-6-5-3-1;2*1-5(2,3)4/h8H,4-7H2,1-3H3;2*1-6H;2*(H3,1,2,3,4). The first-order valence-electron chi connectivity index (χ1n) is 9.37. The smallest absolute Gasteiger partial charge is 0.303 e. The average Bonchev–Trinajstić information content (AvgIpc) is 2.67. The van der Waals surface area contributed by atoms with Gasteiger partial charge in [0, 0.05) is 0 Å². The third-order valence-electron chi connectivity index (χ3n) is 3.08. The first-order valence-corrected chi connectivity index (χ1v) is 12.5. The normalized spacial score (nSPS) is 10.8. The molecule has 1 atom stereocenters. The van der Waals surface area contributed by atoms with Crippen LogP contribution in [0.1, 0.15) is 46.5 Å². The van der Waals surface area contributed by atoms with Crippen LogP contribution in [0, 0.1) is 5.92 Å². The molecular weight excluding hydrogens is 430 g/mol. The SMILES string of the molecule is CCCCC(C)CC.O=P(O)(O)O.O=P(O)(O)O.c1ccccc1.c1ccccc1. The van der Waals surface area contributed by atoms with E-state index in [4.69, 9.17) is 38.5 Å². The van der Waals surface area contributed by atoms with Crippen LogP contribution in [0.25, 0.3) is 0 Å². The second-order valence-electron chi connectivity index (χ2n) is 5.99. The molecule has 0 bridgehead atoms. The number of rotatable bonds is 4. The molecule has 0 aliphatic carbocycles. The summed E-state index contributed by atoms with van der Waals surface area (Å²) in [5, 5.41) is 0. The van der Waals surface area contributed by atoms with Gasteiger partial charge in [-0.15, -0.1) is 0 Å². The van der Waals surface area contributed by atoms with Gasteiger partial charge < -0.3 is 29.4 Å². The van der Waals surface area contributed by atoms with E-state index in [1.54, 1.807) is 0 Å². The maximum Gasteiger partial charge on any atom is 0.466 e. The van der Waals surface area contributed by atoms with Crippen LogP contribution >= 0.6 is 15.6 Å². The van der Waals surface area contributed by atoms with Gasteiger partial charge >= 0.3 is 15.6 Å². The zero-order valence-electron chi connectivity index (χ0n) is 17.7. The number of hydrogen-bond donors (Lipinski definition) is 6. The van der Waals surface area contributed by atoms with Crippen molar-refractivity contribution in [2.45, 2.75) is 46.5 Å². The molecule has 174 valence electrons. The van der Waals surface area contributed by atoms with Crippen LogP contribution in [0.15, 0.2) is 72.8 Å². The maximum absolute atomic E-state index is 8.88. The third-order valence-corrected chi connectivity index (χ3v) is 3.08. The molecule has 0 saturated heterocycles. The predicted octanol–water partition coefficient (Wildman–Crippen LogP) is 4.74. The molecule has 8 nitrogen and oxygen atoms in total. The van der Waals surface area contributed by atoms with Gasteiger partial charge in [-0.3, -0.25) is 0 Å². The van der Waals surface area contributed by atoms with Gasteiger partial charge in [0.05, 0.1) is 0 Å². The highest BCUT2D eigenvalue weighted by Gasteiger charge is 2.00. The molecule has 10 heteroatoms. The Balaban J connectivity index is -0.000000307. The molecule has 0 radical (unpaired) electrons. The molecule has 1 unspecified atom stereocenters. The van der Waals surface area contributed by atoms with E-state index in [0.717, 1.165) is 5.92 Å².